The van der Waals surface area contributed by atoms with Crippen molar-refractivity contribution in [1.29, 1.82) is 0 Å². The second kappa shape index (κ2) is 4.48. The quantitative estimate of drug-likeness (QED) is 0.906. The first kappa shape index (κ1) is 12.9. The van der Waals surface area contributed by atoms with Crippen LogP contribution in [0.2, 0.25) is 0 Å². The molecule has 1 amide bonds. The Morgan fingerprint density at radius 1 is 1.22 bits per heavy atom. The summed E-state index contributed by atoms with van der Waals surface area (Å²) in [5.74, 6) is -0.0107. The molecule has 1 saturated carbocycles. The number of hydrogen-bond acceptors (Lipinski definition) is 2. The minimum Gasteiger partial charge on any atom is -0.374 e. The van der Waals surface area contributed by atoms with E-state index in [0.717, 1.165) is 36.2 Å². The SMILES string of the molecule is CN1CCCc2ccc(NC(=O)C3=C4C=C5CC5=C4C=C3)cc21. The fourth-order valence-corrected chi connectivity index (χ4v) is 3.87. The molecule has 5 rings (SSSR count). The summed E-state index contributed by atoms with van der Waals surface area (Å²) < 4.78 is 0. The molecule has 1 aromatic rings. The zero-order valence-electron chi connectivity index (χ0n) is 13.1. The second-order valence-corrected chi connectivity index (χ2v) is 6.72. The van der Waals surface area contributed by atoms with Gasteiger partial charge in [0.25, 0.3) is 5.91 Å². The molecule has 1 fully saturated rings. The van der Waals surface area contributed by atoms with Crippen LogP contribution in [0.1, 0.15) is 18.4 Å². The minimum atomic E-state index is -0.0107. The predicted octanol–water partition coefficient (Wildman–Crippen LogP) is 3.51. The number of allylic oxidation sites excluding steroid dienone is 6. The topological polar surface area (TPSA) is 32.3 Å². The highest BCUT2D eigenvalue weighted by molar-refractivity contribution is 6.09. The molecule has 3 aliphatic carbocycles. The van der Waals surface area contributed by atoms with Crippen LogP contribution in [0.3, 0.4) is 0 Å². The first-order valence-electron chi connectivity index (χ1n) is 8.23. The molecule has 3 heteroatoms. The van der Waals surface area contributed by atoms with Gasteiger partial charge in [-0.05, 0) is 71.4 Å². The van der Waals surface area contributed by atoms with Crippen LogP contribution in [-0.4, -0.2) is 19.5 Å². The lowest BCUT2D eigenvalue weighted by atomic mass is 10.0. The summed E-state index contributed by atoms with van der Waals surface area (Å²) in [6.45, 7) is 1.08. The zero-order valence-corrected chi connectivity index (χ0v) is 13.1. The molecular weight excluding hydrogens is 284 g/mol. The number of anilines is 2. The third kappa shape index (κ3) is 1.93. The molecule has 0 bridgehead atoms. The average Bonchev–Trinajstić information content (AvgIpc) is 3.02. The maximum absolute atomic E-state index is 12.6. The van der Waals surface area contributed by atoms with E-state index in [0.29, 0.717) is 0 Å². The molecular formula is C20H18N2O. The second-order valence-electron chi connectivity index (χ2n) is 6.72. The van der Waals surface area contributed by atoms with Gasteiger partial charge in [-0.25, -0.2) is 0 Å². The van der Waals surface area contributed by atoms with Gasteiger partial charge in [0.2, 0.25) is 0 Å². The standard InChI is InChI=1S/C20H18N2O/c1-22-8-2-3-12-4-5-14(11-19(12)22)21-20(23)16-7-6-15-17-9-13(17)10-18(15)16/h4-7,10-11H,2-3,8-9H2,1H3,(H,21,23). The van der Waals surface area contributed by atoms with E-state index < -0.39 is 0 Å². The Labute approximate surface area is 135 Å². The van der Waals surface area contributed by atoms with E-state index in [1.165, 1.54) is 34.4 Å². The van der Waals surface area contributed by atoms with E-state index in [-0.39, 0.29) is 5.91 Å². The molecule has 1 N–H and O–H groups in total. The highest BCUT2D eigenvalue weighted by Crippen LogP contribution is 2.51. The largest absolute Gasteiger partial charge is 0.374 e. The molecule has 1 aliphatic heterocycles. The summed E-state index contributed by atoms with van der Waals surface area (Å²) in [6, 6.07) is 6.26. The first-order chi connectivity index (χ1) is 11.2. The fraction of sp³-hybridized carbons (Fsp3) is 0.250. The van der Waals surface area contributed by atoms with Crippen LogP contribution in [0.25, 0.3) is 0 Å². The Morgan fingerprint density at radius 2 is 2.13 bits per heavy atom. The summed E-state index contributed by atoms with van der Waals surface area (Å²) in [5, 5.41) is 3.07. The summed E-state index contributed by atoms with van der Waals surface area (Å²) in [7, 11) is 2.11. The van der Waals surface area contributed by atoms with Gasteiger partial charge in [-0.2, -0.15) is 0 Å². The van der Waals surface area contributed by atoms with E-state index in [9.17, 15) is 4.79 Å². The van der Waals surface area contributed by atoms with Crippen LogP contribution in [-0.2, 0) is 11.2 Å². The number of nitrogens with zero attached hydrogens (tertiary/aromatic N) is 1. The average molecular weight is 302 g/mol. The maximum atomic E-state index is 12.6. The van der Waals surface area contributed by atoms with Crippen molar-refractivity contribution in [1.82, 2.24) is 0 Å². The summed E-state index contributed by atoms with van der Waals surface area (Å²) in [5.41, 5.74) is 9.46. The summed E-state index contributed by atoms with van der Waals surface area (Å²) in [4.78, 5) is 14.9. The van der Waals surface area contributed by atoms with Crippen LogP contribution in [0.5, 0.6) is 0 Å². The van der Waals surface area contributed by atoms with E-state index in [2.05, 4.69) is 41.5 Å². The number of rotatable bonds is 2. The zero-order chi connectivity index (χ0) is 15.6. The van der Waals surface area contributed by atoms with Crippen molar-refractivity contribution < 1.29 is 4.79 Å². The molecule has 0 spiro atoms. The van der Waals surface area contributed by atoms with Crippen LogP contribution in [0.15, 0.2) is 64.3 Å². The Kier molecular flexibility index (Phi) is 2.52. The van der Waals surface area contributed by atoms with Crippen LogP contribution >= 0.6 is 0 Å². The molecule has 114 valence electrons. The van der Waals surface area contributed by atoms with Gasteiger partial charge in [-0.1, -0.05) is 12.1 Å². The van der Waals surface area contributed by atoms with Crippen molar-refractivity contribution in [3.63, 3.8) is 0 Å². The van der Waals surface area contributed by atoms with Crippen molar-refractivity contribution in [2.75, 3.05) is 23.8 Å². The molecule has 0 atom stereocenters. The monoisotopic (exact) mass is 302 g/mol. The van der Waals surface area contributed by atoms with Crippen LogP contribution in [0, 0.1) is 0 Å². The number of aryl methyl sites for hydroxylation is 1. The van der Waals surface area contributed by atoms with Crippen molar-refractivity contribution >= 4 is 17.3 Å². The normalized spacial score (nSPS) is 20.4. The van der Waals surface area contributed by atoms with Crippen LogP contribution in [0.4, 0.5) is 11.4 Å². The Morgan fingerprint density at radius 3 is 3.04 bits per heavy atom. The Hall–Kier alpha value is -2.55. The molecule has 0 aromatic heterocycles. The molecule has 3 nitrogen and oxygen atoms in total. The molecule has 4 aliphatic rings. The van der Waals surface area contributed by atoms with Gasteiger partial charge >= 0.3 is 0 Å². The highest BCUT2D eigenvalue weighted by Gasteiger charge is 2.35. The smallest absolute Gasteiger partial charge is 0.256 e. The van der Waals surface area contributed by atoms with Gasteiger partial charge in [-0.3, -0.25) is 4.79 Å². The Bertz CT molecular complexity index is 883. The maximum Gasteiger partial charge on any atom is 0.256 e. The number of carbonyl (C=O) groups is 1. The lowest BCUT2D eigenvalue weighted by Gasteiger charge is -2.28. The van der Waals surface area contributed by atoms with E-state index in [1.807, 2.05) is 12.1 Å². The molecule has 1 aromatic carbocycles. The number of nitrogens with one attached hydrogen (secondary N) is 1. The molecule has 23 heavy (non-hydrogen) atoms. The van der Waals surface area contributed by atoms with Gasteiger partial charge < -0.3 is 10.2 Å². The lowest BCUT2D eigenvalue weighted by Crippen LogP contribution is -2.25. The molecule has 1 heterocycles. The highest BCUT2D eigenvalue weighted by atomic mass is 16.1. The lowest BCUT2D eigenvalue weighted by molar-refractivity contribution is -0.112. The van der Waals surface area contributed by atoms with Gasteiger partial charge in [0.1, 0.15) is 0 Å². The number of amides is 1. The van der Waals surface area contributed by atoms with Crippen LogP contribution < -0.4 is 10.2 Å². The van der Waals surface area contributed by atoms with Gasteiger partial charge in [0, 0.05) is 30.5 Å². The number of benzene rings is 1. The number of hydrogen-bond donors (Lipinski definition) is 1. The van der Waals surface area contributed by atoms with Crippen molar-refractivity contribution in [2.24, 2.45) is 0 Å². The first-order valence-corrected chi connectivity index (χ1v) is 8.23. The van der Waals surface area contributed by atoms with Crippen molar-refractivity contribution in [3.8, 4) is 0 Å². The van der Waals surface area contributed by atoms with E-state index in [4.69, 9.17) is 0 Å². The molecule has 0 saturated heterocycles. The van der Waals surface area contributed by atoms with Gasteiger partial charge in [0.15, 0.2) is 0 Å². The minimum absolute atomic E-state index is 0.0107. The third-order valence-corrected chi connectivity index (χ3v) is 5.21. The molecule has 0 radical (unpaired) electrons. The molecule has 0 unspecified atom stereocenters. The van der Waals surface area contributed by atoms with Crippen molar-refractivity contribution in [2.45, 2.75) is 19.3 Å². The van der Waals surface area contributed by atoms with Gasteiger partial charge in [-0.15, -0.1) is 0 Å². The van der Waals surface area contributed by atoms with E-state index in [1.54, 1.807) is 0 Å². The van der Waals surface area contributed by atoms with E-state index >= 15 is 0 Å². The number of fused-ring (bicyclic) bond motifs is 3. The Balaban J connectivity index is 1.43. The fourth-order valence-electron chi connectivity index (χ4n) is 3.87. The summed E-state index contributed by atoms with van der Waals surface area (Å²) in [6.07, 6.45) is 9.62. The number of carbonyl (C=O) groups excluding carboxylic acids is 1. The van der Waals surface area contributed by atoms with Crippen molar-refractivity contribution in [3.05, 3.63) is 69.9 Å². The third-order valence-electron chi connectivity index (χ3n) is 5.21. The summed E-state index contributed by atoms with van der Waals surface area (Å²) >= 11 is 0. The predicted molar refractivity (Wildman–Crippen MR) is 92.6 cm³/mol. The van der Waals surface area contributed by atoms with Gasteiger partial charge in [0.05, 0.1) is 0 Å².